The minimum Gasteiger partial charge on any atom is -0.496 e. The molecule has 29 heavy (non-hydrogen) atoms. The summed E-state index contributed by atoms with van der Waals surface area (Å²) in [4.78, 5) is 40.4. The minimum absolute atomic E-state index is 0.0398. The molecule has 0 bridgehead atoms. The van der Waals surface area contributed by atoms with E-state index < -0.39 is 23.8 Å². The van der Waals surface area contributed by atoms with Gasteiger partial charge in [0.2, 0.25) is 5.78 Å². The summed E-state index contributed by atoms with van der Waals surface area (Å²) in [6.45, 7) is 6.63. The number of rotatable bonds is 7. The van der Waals surface area contributed by atoms with Crippen LogP contribution >= 0.6 is 11.6 Å². The number of halogens is 1. The molecule has 1 aromatic carbocycles. The molecule has 0 aliphatic carbocycles. The topological polar surface area (TPSA) is 121 Å². The van der Waals surface area contributed by atoms with E-state index in [-0.39, 0.29) is 34.3 Å². The molecule has 1 unspecified atom stereocenters. The van der Waals surface area contributed by atoms with Crippen molar-refractivity contribution in [2.45, 2.75) is 33.8 Å². The number of hydrogen-bond donors (Lipinski definition) is 2. The largest absolute Gasteiger partial charge is 0.496 e. The van der Waals surface area contributed by atoms with Crippen molar-refractivity contribution in [1.29, 1.82) is 0 Å². The maximum atomic E-state index is 12.8. The molecule has 2 rings (SSSR count). The Labute approximate surface area is 173 Å². The van der Waals surface area contributed by atoms with Crippen molar-refractivity contribution < 1.29 is 28.6 Å². The molecular weight excluding hydrogens is 400 g/mol. The van der Waals surface area contributed by atoms with E-state index in [9.17, 15) is 14.4 Å². The van der Waals surface area contributed by atoms with Crippen molar-refractivity contribution in [2.24, 2.45) is 0 Å². The summed E-state index contributed by atoms with van der Waals surface area (Å²) >= 11 is 5.97. The number of H-pyrrole nitrogens is 1. The fourth-order valence-corrected chi connectivity index (χ4v) is 3.05. The molecule has 0 aliphatic rings. The zero-order valence-electron chi connectivity index (χ0n) is 16.8. The molecule has 0 saturated heterocycles. The van der Waals surface area contributed by atoms with Crippen molar-refractivity contribution in [3.8, 4) is 5.75 Å². The van der Waals surface area contributed by atoms with Gasteiger partial charge in [-0.25, -0.2) is 9.59 Å². The van der Waals surface area contributed by atoms with Crippen LogP contribution in [0.2, 0.25) is 5.02 Å². The van der Waals surface area contributed by atoms with E-state index in [1.54, 1.807) is 20.8 Å². The Bertz CT molecular complexity index is 966. The second-order valence-electron chi connectivity index (χ2n) is 6.33. The highest BCUT2D eigenvalue weighted by atomic mass is 35.5. The average Bonchev–Trinajstić information content (AvgIpc) is 2.97. The second-order valence-corrected chi connectivity index (χ2v) is 6.74. The quantitative estimate of drug-likeness (QED) is 0.398. The number of ether oxygens (including phenoxy) is 3. The first kappa shape index (κ1) is 22.3. The summed E-state index contributed by atoms with van der Waals surface area (Å²) in [5.74, 6) is -1.64. The first-order chi connectivity index (χ1) is 13.6. The van der Waals surface area contributed by atoms with E-state index in [1.165, 1.54) is 26.2 Å². The lowest BCUT2D eigenvalue weighted by atomic mass is 10.1. The lowest BCUT2D eigenvalue weighted by Crippen LogP contribution is -2.25. The van der Waals surface area contributed by atoms with Crippen LogP contribution in [-0.2, 0) is 9.47 Å². The van der Waals surface area contributed by atoms with Gasteiger partial charge in [0.25, 0.3) is 0 Å². The predicted molar refractivity (Wildman–Crippen MR) is 108 cm³/mol. The number of carbonyl (C=O) groups excluding carboxylic acids is 3. The Balaban J connectivity index is 2.26. The number of hydrogen-bond acceptors (Lipinski definition) is 7. The fraction of sp³-hybridized carbons (Fsp3) is 0.350. The third-order valence-electron chi connectivity index (χ3n) is 4.36. The number of nitrogens with one attached hydrogen (secondary N) is 1. The van der Waals surface area contributed by atoms with Crippen LogP contribution in [0.1, 0.15) is 56.3 Å². The van der Waals surface area contributed by atoms with Crippen LogP contribution < -0.4 is 10.5 Å². The zero-order valence-corrected chi connectivity index (χ0v) is 17.6. The molecule has 0 fully saturated rings. The van der Waals surface area contributed by atoms with Crippen molar-refractivity contribution in [1.82, 2.24) is 4.98 Å². The molecule has 156 valence electrons. The van der Waals surface area contributed by atoms with E-state index >= 15 is 0 Å². The molecule has 1 atom stereocenters. The normalized spacial score (nSPS) is 11.7. The SMILES string of the molecule is CCOC(=O)c1c(C)[nH]c(C(=O)C(C)OC(=O)c2cc(Cl)c(N)cc2OC)c1C. The Morgan fingerprint density at radius 2 is 1.86 bits per heavy atom. The molecule has 0 radical (unpaired) electrons. The molecule has 1 aromatic heterocycles. The summed E-state index contributed by atoms with van der Waals surface area (Å²) < 4.78 is 15.5. The van der Waals surface area contributed by atoms with Gasteiger partial charge in [0, 0.05) is 11.8 Å². The molecule has 8 nitrogen and oxygen atoms in total. The molecular formula is C20H23ClN2O6. The van der Waals surface area contributed by atoms with E-state index in [2.05, 4.69) is 4.98 Å². The van der Waals surface area contributed by atoms with Gasteiger partial charge in [-0.3, -0.25) is 4.79 Å². The number of Topliss-reactive ketones (excluding diaryl/α,β-unsaturated/α-hetero) is 1. The highest BCUT2D eigenvalue weighted by Gasteiger charge is 2.28. The minimum atomic E-state index is -1.13. The van der Waals surface area contributed by atoms with Crippen LogP contribution in [0, 0.1) is 13.8 Å². The van der Waals surface area contributed by atoms with Crippen molar-refractivity contribution in [2.75, 3.05) is 19.5 Å². The van der Waals surface area contributed by atoms with Crippen molar-refractivity contribution in [3.63, 3.8) is 0 Å². The van der Waals surface area contributed by atoms with Crippen LogP contribution in [0.5, 0.6) is 5.75 Å². The number of esters is 2. The van der Waals surface area contributed by atoms with Gasteiger partial charge in [-0.05, 0) is 39.3 Å². The van der Waals surface area contributed by atoms with Crippen LogP contribution in [0.25, 0.3) is 0 Å². The molecule has 9 heteroatoms. The summed E-state index contributed by atoms with van der Waals surface area (Å²) in [5.41, 5.74) is 7.39. The Morgan fingerprint density at radius 3 is 2.45 bits per heavy atom. The predicted octanol–water partition coefficient (Wildman–Crippen LogP) is 3.48. The Hall–Kier alpha value is -3.00. The van der Waals surface area contributed by atoms with Crippen molar-refractivity contribution in [3.05, 3.63) is 45.2 Å². The fourth-order valence-electron chi connectivity index (χ4n) is 2.88. The second kappa shape index (κ2) is 9.00. The van der Waals surface area contributed by atoms with Gasteiger partial charge in [0.1, 0.15) is 11.3 Å². The van der Waals surface area contributed by atoms with Crippen LogP contribution in [0.3, 0.4) is 0 Å². The Kier molecular flexibility index (Phi) is 6.92. The number of carbonyl (C=O) groups is 3. The number of methoxy groups -OCH3 is 1. The third-order valence-corrected chi connectivity index (χ3v) is 4.68. The number of anilines is 1. The molecule has 2 aromatic rings. The van der Waals surface area contributed by atoms with Gasteiger partial charge in [0.15, 0.2) is 6.10 Å². The standard InChI is InChI=1S/C20H23ClN2O6/c1-6-28-20(26)16-9(2)17(23-10(16)3)18(24)11(4)29-19(25)12-7-13(21)14(22)8-15(12)27-5/h7-8,11,23H,6,22H2,1-5H3. The summed E-state index contributed by atoms with van der Waals surface area (Å²) in [6.07, 6.45) is -1.13. The number of aryl methyl sites for hydroxylation is 1. The number of aromatic amines is 1. The van der Waals surface area contributed by atoms with Crippen molar-refractivity contribution >= 4 is 35.0 Å². The lowest BCUT2D eigenvalue weighted by Gasteiger charge is -2.14. The van der Waals surface area contributed by atoms with Crippen LogP contribution in [-0.4, -0.2) is 42.5 Å². The summed E-state index contributed by atoms with van der Waals surface area (Å²) in [5, 5.41) is 0.159. The number of nitrogen functional groups attached to an aromatic ring is 1. The van der Waals surface area contributed by atoms with E-state index in [0.29, 0.717) is 16.8 Å². The van der Waals surface area contributed by atoms with Gasteiger partial charge in [-0.2, -0.15) is 0 Å². The lowest BCUT2D eigenvalue weighted by molar-refractivity contribution is 0.0313. The van der Waals surface area contributed by atoms with Gasteiger partial charge in [0.05, 0.1) is 35.7 Å². The summed E-state index contributed by atoms with van der Waals surface area (Å²) in [7, 11) is 1.37. The van der Waals surface area contributed by atoms with E-state index in [4.69, 9.17) is 31.5 Å². The van der Waals surface area contributed by atoms with Gasteiger partial charge < -0.3 is 24.9 Å². The van der Waals surface area contributed by atoms with E-state index in [1.807, 2.05) is 0 Å². The molecule has 1 heterocycles. The van der Waals surface area contributed by atoms with Crippen LogP contribution in [0.15, 0.2) is 12.1 Å². The zero-order chi connectivity index (χ0) is 21.9. The molecule has 3 N–H and O–H groups in total. The maximum Gasteiger partial charge on any atom is 0.342 e. The number of aromatic nitrogens is 1. The maximum absolute atomic E-state index is 12.8. The van der Waals surface area contributed by atoms with E-state index in [0.717, 1.165) is 0 Å². The first-order valence-corrected chi connectivity index (χ1v) is 9.24. The van der Waals surface area contributed by atoms with Gasteiger partial charge in [-0.1, -0.05) is 11.6 Å². The number of ketones is 1. The monoisotopic (exact) mass is 422 g/mol. The number of nitrogens with two attached hydrogens (primary N) is 1. The van der Waals surface area contributed by atoms with Gasteiger partial charge >= 0.3 is 11.9 Å². The average molecular weight is 423 g/mol. The first-order valence-electron chi connectivity index (χ1n) is 8.86. The summed E-state index contributed by atoms with van der Waals surface area (Å²) in [6, 6.07) is 2.72. The molecule has 0 saturated carbocycles. The Morgan fingerprint density at radius 1 is 1.21 bits per heavy atom. The molecule has 0 amide bonds. The highest BCUT2D eigenvalue weighted by Crippen LogP contribution is 2.30. The molecule has 0 aliphatic heterocycles. The smallest absolute Gasteiger partial charge is 0.342 e. The highest BCUT2D eigenvalue weighted by molar-refractivity contribution is 6.33. The molecule has 0 spiro atoms. The number of benzene rings is 1. The third kappa shape index (κ3) is 4.54. The van der Waals surface area contributed by atoms with Gasteiger partial charge in [-0.15, -0.1) is 0 Å². The van der Waals surface area contributed by atoms with Crippen LogP contribution in [0.4, 0.5) is 5.69 Å².